The lowest BCUT2D eigenvalue weighted by Gasteiger charge is -2.27. The smallest absolute Gasteiger partial charge is 0.321 e. The van der Waals surface area contributed by atoms with Crippen LogP contribution >= 0.6 is 0 Å². The SMILES string of the molecule is COc1cccc(C2(O)CC3CN(C(=O)Nc4ccc(C)cc4)CC3C2)c1. The molecule has 0 aromatic heterocycles. The maximum absolute atomic E-state index is 12.6. The molecule has 142 valence electrons. The van der Waals surface area contributed by atoms with Crippen LogP contribution in [0.4, 0.5) is 10.5 Å². The molecule has 4 rings (SSSR count). The first-order chi connectivity index (χ1) is 13.0. The van der Waals surface area contributed by atoms with Crippen LogP contribution in [0.3, 0.4) is 0 Å². The fourth-order valence-electron chi connectivity index (χ4n) is 4.51. The van der Waals surface area contributed by atoms with Gasteiger partial charge in [-0.05, 0) is 61.4 Å². The number of hydrogen-bond donors (Lipinski definition) is 2. The van der Waals surface area contributed by atoms with Gasteiger partial charge in [0.2, 0.25) is 0 Å². The van der Waals surface area contributed by atoms with Crippen LogP contribution in [0.25, 0.3) is 0 Å². The van der Waals surface area contributed by atoms with Crippen LogP contribution in [-0.2, 0) is 5.60 Å². The Morgan fingerprint density at radius 1 is 1.15 bits per heavy atom. The number of aryl methyl sites for hydroxylation is 1. The number of benzene rings is 2. The molecule has 2 aromatic rings. The predicted molar refractivity (Wildman–Crippen MR) is 105 cm³/mol. The van der Waals surface area contributed by atoms with Crippen molar-refractivity contribution in [3.05, 3.63) is 59.7 Å². The third kappa shape index (κ3) is 3.52. The summed E-state index contributed by atoms with van der Waals surface area (Å²) >= 11 is 0. The quantitative estimate of drug-likeness (QED) is 0.869. The van der Waals surface area contributed by atoms with Gasteiger partial charge in [0.1, 0.15) is 5.75 Å². The van der Waals surface area contributed by atoms with Gasteiger partial charge in [0.05, 0.1) is 12.7 Å². The average molecular weight is 366 g/mol. The Morgan fingerprint density at radius 3 is 2.44 bits per heavy atom. The molecule has 2 amide bonds. The zero-order valence-electron chi connectivity index (χ0n) is 15.8. The number of carbonyl (C=O) groups is 1. The van der Waals surface area contributed by atoms with Crippen LogP contribution in [0.1, 0.15) is 24.0 Å². The minimum atomic E-state index is -0.830. The highest BCUT2D eigenvalue weighted by atomic mass is 16.5. The molecule has 1 heterocycles. The predicted octanol–water partition coefficient (Wildman–Crippen LogP) is 3.77. The third-order valence-corrected chi connectivity index (χ3v) is 5.97. The fourth-order valence-corrected chi connectivity index (χ4v) is 4.51. The van der Waals surface area contributed by atoms with Crippen molar-refractivity contribution in [3.63, 3.8) is 0 Å². The van der Waals surface area contributed by atoms with E-state index in [2.05, 4.69) is 5.32 Å². The number of ether oxygens (including phenoxy) is 1. The van der Waals surface area contributed by atoms with E-state index in [-0.39, 0.29) is 6.03 Å². The third-order valence-electron chi connectivity index (χ3n) is 5.97. The maximum Gasteiger partial charge on any atom is 0.321 e. The Hall–Kier alpha value is -2.53. The van der Waals surface area contributed by atoms with Crippen molar-refractivity contribution < 1.29 is 14.6 Å². The highest BCUT2D eigenvalue weighted by Crippen LogP contribution is 2.49. The Bertz CT molecular complexity index is 820. The number of aliphatic hydroxyl groups is 1. The van der Waals surface area contributed by atoms with Crippen molar-refractivity contribution in [2.45, 2.75) is 25.4 Å². The molecule has 2 N–H and O–H groups in total. The van der Waals surface area contributed by atoms with Crippen molar-refractivity contribution in [2.24, 2.45) is 11.8 Å². The van der Waals surface area contributed by atoms with Crippen LogP contribution in [0, 0.1) is 18.8 Å². The van der Waals surface area contributed by atoms with Crippen LogP contribution in [0.15, 0.2) is 48.5 Å². The van der Waals surface area contributed by atoms with E-state index in [9.17, 15) is 9.90 Å². The standard InChI is InChI=1S/C22H26N2O3/c1-15-6-8-19(9-7-15)23-21(25)24-13-16-11-22(26,12-17(16)14-24)18-4-3-5-20(10-18)27-2/h3-10,16-17,26H,11-14H2,1-2H3,(H,23,25). The number of nitrogens with zero attached hydrogens (tertiary/aromatic N) is 1. The zero-order chi connectivity index (χ0) is 19.0. The number of carbonyl (C=O) groups excluding carboxylic acids is 1. The van der Waals surface area contributed by atoms with Gasteiger partial charge in [0.25, 0.3) is 0 Å². The summed E-state index contributed by atoms with van der Waals surface area (Å²) in [6.07, 6.45) is 1.36. The highest BCUT2D eigenvalue weighted by molar-refractivity contribution is 5.89. The molecular weight excluding hydrogens is 340 g/mol. The topological polar surface area (TPSA) is 61.8 Å². The molecule has 1 aliphatic heterocycles. The van der Waals surface area contributed by atoms with Gasteiger partial charge < -0.3 is 20.1 Å². The largest absolute Gasteiger partial charge is 0.497 e. The lowest BCUT2D eigenvalue weighted by Crippen LogP contribution is -2.35. The van der Waals surface area contributed by atoms with Gasteiger partial charge in [-0.25, -0.2) is 4.79 Å². The molecule has 2 fully saturated rings. The molecule has 1 saturated heterocycles. The van der Waals surface area contributed by atoms with Crippen LogP contribution < -0.4 is 10.1 Å². The summed E-state index contributed by atoms with van der Waals surface area (Å²) in [6.45, 7) is 3.40. The van der Waals surface area contributed by atoms with Gasteiger partial charge in [-0.15, -0.1) is 0 Å². The summed E-state index contributed by atoms with van der Waals surface area (Å²) in [6, 6.07) is 15.5. The lowest BCUT2D eigenvalue weighted by molar-refractivity contribution is 0.0326. The molecule has 0 radical (unpaired) electrons. The summed E-state index contributed by atoms with van der Waals surface area (Å²) in [4.78, 5) is 14.5. The van der Waals surface area contributed by atoms with Gasteiger partial charge in [0, 0.05) is 18.8 Å². The Labute approximate surface area is 160 Å². The second-order valence-corrected chi connectivity index (χ2v) is 7.89. The molecule has 1 aliphatic carbocycles. The van der Waals surface area contributed by atoms with Crippen LogP contribution in [0.2, 0.25) is 0 Å². The molecule has 0 bridgehead atoms. The van der Waals surface area contributed by atoms with Gasteiger partial charge in [-0.3, -0.25) is 0 Å². The average Bonchev–Trinajstić information content (AvgIpc) is 3.19. The zero-order valence-corrected chi connectivity index (χ0v) is 15.8. The number of hydrogen-bond acceptors (Lipinski definition) is 3. The summed E-state index contributed by atoms with van der Waals surface area (Å²) in [7, 11) is 1.64. The molecule has 2 atom stereocenters. The van der Waals surface area contributed by atoms with E-state index >= 15 is 0 Å². The number of anilines is 1. The number of urea groups is 1. The van der Waals surface area contributed by atoms with E-state index in [0.29, 0.717) is 37.8 Å². The Kier molecular flexibility index (Phi) is 4.56. The number of nitrogens with one attached hydrogen (secondary N) is 1. The number of likely N-dealkylation sites (tertiary alicyclic amines) is 1. The van der Waals surface area contributed by atoms with Crippen molar-refractivity contribution >= 4 is 11.7 Å². The lowest BCUT2D eigenvalue weighted by atomic mass is 9.90. The van der Waals surface area contributed by atoms with Crippen molar-refractivity contribution in [2.75, 3.05) is 25.5 Å². The summed E-state index contributed by atoms with van der Waals surface area (Å²) in [5.74, 6) is 1.41. The molecule has 1 saturated carbocycles. The number of rotatable bonds is 3. The minimum Gasteiger partial charge on any atom is -0.497 e. The first kappa shape index (κ1) is 17.9. The van der Waals surface area contributed by atoms with Gasteiger partial charge in [0.15, 0.2) is 0 Å². The maximum atomic E-state index is 12.6. The van der Waals surface area contributed by atoms with Crippen molar-refractivity contribution in [3.8, 4) is 5.75 Å². The molecule has 2 aromatic carbocycles. The van der Waals surface area contributed by atoms with Gasteiger partial charge in [-0.1, -0.05) is 29.8 Å². The van der Waals surface area contributed by atoms with Crippen molar-refractivity contribution in [1.29, 1.82) is 0 Å². The first-order valence-corrected chi connectivity index (χ1v) is 9.46. The minimum absolute atomic E-state index is 0.0572. The van der Waals surface area contributed by atoms with Gasteiger partial charge in [-0.2, -0.15) is 0 Å². The number of methoxy groups -OCH3 is 1. The second-order valence-electron chi connectivity index (χ2n) is 7.89. The highest BCUT2D eigenvalue weighted by Gasteiger charge is 2.50. The van der Waals surface area contributed by atoms with E-state index in [1.807, 2.05) is 60.4 Å². The second kappa shape index (κ2) is 6.89. The molecule has 5 nitrogen and oxygen atoms in total. The summed E-state index contributed by atoms with van der Waals surface area (Å²) < 4.78 is 5.29. The van der Waals surface area contributed by atoms with Gasteiger partial charge >= 0.3 is 6.03 Å². The van der Waals surface area contributed by atoms with E-state index < -0.39 is 5.60 Å². The molecule has 0 spiro atoms. The molecule has 2 unspecified atom stereocenters. The van der Waals surface area contributed by atoms with E-state index in [1.165, 1.54) is 5.56 Å². The van der Waals surface area contributed by atoms with E-state index in [0.717, 1.165) is 17.0 Å². The Balaban J connectivity index is 1.40. The Morgan fingerprint density at radius 2 is 1.81 bits per heavy atom. The van der Waals surface area contributed by atoms with Crippen LogP contribution in [-0.4, -0.2) is 36.2 Å². The summed E-state index contributed by atoms with van der Waals surface area (Å²) in [5, 5.41) is 14.2. The van der Waals surface area contributed by atoms with E-state index in [4.69, 9.17) is 4.74 Å². The normalized spacial score (nSPS) is 26.7. The summed E-state index contributed by atoms with van der Waals surface area (Å²) in [5.41, 5.74) is 2.06. The number of fused-ring (bicyclic) bond motifs is 1. The fraction of sp³-hybridized carbons (Fsp3) is 0.409. The molecule has 5 heteroatoms. The molecule has 27 heavy (non-hydrogen) atoms. The molecule has 2 aliphatic rings. The number of amides is 2. The first-order valence-electron chi connectivity index (χ1n) is 9.46. The van der Waals surface area contributed by atoms with Crippen LogP contribution in [0.5, 0.6) is 5.75 Å². The van der Waals surface area contributed by atoms with E-state index in [1.54, 1.807) is 7.11 Å². The van der Waals surface area contributed by atoms with Crippen molar-refractivity contribution in [1.82, 2.24) is 4.90 Å². The molecular formula is C22H26N2O3. The monoisotopic (exact) mass is 366 g/mol.